The van der Waals surface area contributed by atoms with Gasteiger partial charge in [0.15, 0.2) is 0 Å². The third kappa shape index (κ3) is 4.65. The fraction of sp³-hybridized carbons (Fsp3) is 0.250. The highest BCUT2D eigenvalue weighted by atomic mass is 35.5. The molecule has 1 aromatic heterocycles. The van der Waals surface area contributed by atoms with Gasteiger partial charge in [0, 0.05) is 24.5 Å². The molecule has 27 heavy (non-hydrogen) atoms. The maximum atomic E-state index is 12.4. The van der Waals surface area contributed by atoms with Gasteiger partial charge in [-0.05, 0) is 36.6 Å². The number of para-hydroxylation sites is 1. The van der Waals surface area contributed by atoms with E-state index in [1.807, 2.05) is 18.2 Å². The van der Waals surface area contributed by atoms with Crippen molar-refractivity contribution in [2.75, 3.05) is 0 Å². The topological polar surface area (TPSA) is 84.0 Å². The fourth-order valence-electron chi connectivity index (χ4n) is 2.88. The molecule has 0 aliphatic carbocycles. The van der Waals surface area contributed by atoms with Gasteiger partial charge >= 0.3 is 5.69 Å². The van der Waals surface area contributed by atoms with Gasteiger partial charge in [0.2, 0.25) is 5.91 Å². The predicted octanol–water partition coefficient (Wildman–Crippen LogP) is 2.83. The van der Waals surface area contributed by atoms with Crippen molar-refractivity contribution in [2.24, 2.45) is 0 Å². The smallest absolute Gasteiger partial charge is 0.328 e. The van der Waals surface area contributed by atoms with E-state index in [9.17, 15) is 14.4 Å². The second kappa shape index (κ2) is 8.68. The lowest BCUT2D eigenvalue weighted by atomic mass is 10.2. The molecule has 0 saturated heterocycles. The number of benzene rings is 2. The van der Waals surface area contributed by atoms with Gasteiger partial charge in [0.05, 0.1) is 10.9 Å². The highest BCUT2D eigenvalue weighted by molar-refractivity contribution is 6.31. The first-order valence-corrected chi connectivity index (χ1v) is 9.16. The van der Waals surface area contributed by atoms with E-state index in [-0.39, 0.29) is 18.0 Å². The van der Waals surface area contributed by atoms with Crippen molar-refractivity contribution in [3.63, 3.8) is 0 Å². The van der Waals surface area contributed by atoms with Crippen LogP contribution in [0.25, 0.3) is 10.9 Å². The van der Waals surface area contributed by atoms with Crippen LogP contribution in [-0.4, -0.2) is 15.5 Å². The van der Waals surface area contributed by atoms with E-state index in [1.165, 1.54) is 4.57 Å². The summed E-state index contributed by atoms with van der Waals surface area (Å²) in [7, 11) is 0. The molecule has 1 amide bonds. The number of amides is 1. The van der Waals surface area contributed by atoms with Gasteiger partial charge in [-0.2, -0.15) is 0 Å². The first-order chi connectivity index (χ1) is 13.1. The van der Waals surface area contributed by atoms with Crippen LogP contribution in [0.3, 0.4) is 0 Å². The van der Waals surface area contributed by atoms with Gasteiger partial charge < -0.3 is 10.3 Å². The van der Waals surface area contributed by atoms with E-state index in [4.69, 9.17) is 11.6 Å². The summed E-state index contributed by atoms with van der Waals surface area (Å²) in [5.74, 6) is -0.0883. The Balaban J connectivity index is 1.51. The van der Waals surface area contributed by atoms with Gasteiger partial charge in [-0.1, -0.05) is 41.9 Å². The Morgan fingerprint density at radius 1 is 1.04 bits per heavy atom. The monoisotopic (exact) mass is 385 g/mol. The molecule has 0 fully saturated rings. The van der Waals surface area contributed by atoms with E-state index < -0.39 is 5.69 Å². The molecule has 0 radical (unpaired) electrons. The number of nitrogens with zero attached hydrogens (tertiary/aromatic N) is 1. The molecule has 6 nitrogen and oxygen atoms in total. The molecule has 7 heteroatoms. The van der Waals surface area contributed by atoms with Crippen molar-refractivity contribution in [3.05, 3.63) is 80.0 Å². The van der Waals surface area contributed by atoms with Crippen LogP contribution in [0.2, 0.25) is 5.02 Å². The molecule has 0 atom stereocenters. The van der Waals surface area contributed by atoms with E-state index in [0.29, 0.717) is 41.7 Å². The standard InChI is InChI=1S/C20H20ClN3O3/c21-16-9-3-1-7-14(16)13-22-18(25)11-5-6-12-24-19(26)15-8-2-4-10-17(15)23-20(24)27/h1-4,7-10H,5-6,11-13H2,(H,22,25)(H,23,27). The summed E-state index contributed by atoms with van der Waals surface area (Å²) in [6, 6.07) is 14.3. The minimum absolute atomic E-state index is 0.0883. The summed E-state index contributed by atoms with van der Waals surface area (Å²) in [6.07, 6.45) is 1.46. The minimum Gasteiger partial charge on any atom is -0.352 e. The van der Waals surface area contributed by atoms with Crippen molar-refractivity contribution < 1.29 is 4.79 Å². The van der Waals surface area contributed by atoms with E-state index >= 15 is 0 Å². The lowest BCUT2D eigenvalue weighted by molar-refractivity contribution is -0.121. The van der Waals surface area contributed by atoms with Crippen molar-refractivity contribution >= 4 is 28.4 Å². The van der Waals surface area contributed by atoms with Gasteiger partial charge in [0.1, 0.15) is 0 Å². The van der Waals surface area contributed by atoms with Crippen LogP contribution in [-0.2, 0) is 17.9 Å². The highest BCUT2D eigenvalue weighted by Gasteiger charge is 2.08. The Morgan fingerprint density at radius 3 is 2.59 bits per heavy atom. The normalized spacial score (nSPS) is 10.9. The number of hydrogen-bond donors (Lipinski definition) is 2. The molecule has 2 aromatic carbocycles. The summed E-state index contributed by atoms with van der Waals surface area (Å²) in [4.78, 5) is 39.2. The number of H-pyrrole nitrogens is 1. The van der Waals surface area contributed by atoms with Crippen LogP contribution in [0.15, 0.2) is 58.1 Å². The minimum atomic E-state index is -0.429. The Hall–Kier alpha value is -2.86. The number of aromatic nitrogens is 2. The lowest BCUT2D eigenvalue weighted by Gasteiger charge is -2.08. The summed E-state index contributed by atoms with van der Waals surface area (Å²) in [5, 5.41) is 3.92. The molecule has 2 N–H and O–H groups in total. The molecule has 0 aliphatic rings. The molecule has 3 rings (SSSR count). The molecule has 0 saturated carbocycles. The zero-order valence-electron chi connectivity index (χ0n) is 14.7. The number of carbonyl (C=O) groups excluding carboxylic acids is 1. The third-order valence-electron chi connectivity index (χ3n) is 4.36. The number of fused-ring (bicyclic) bond motifs is 1. The predicted molar refractivity (Wildman–Crippen MR) is 106 cm³/mol. The number of nitrogens with one attached hydrogen (secondary N) is 2. The number of rotatable bonds is 7. The van der Waals surface area contributed by atoms with Gasteiger partial charge in [-0.25, -0.2) is 4.79 Å². The van der Waals surface area contributed by atoms with Crippen molar-refractivity contribution in [1.82, 2.24) is 14.9 Å². The lowest BCUT2D eigenvalue weighted by Crippen LogP contribution is -2.35. The number of unbranched alkanes of at least 4 members (excludes halogenated alkanes) is 1. The highest BCUT2D eigenvalue weighted by Crippen LogP contribution is 2.14. The quantitative estimate of drug-likeness (QED) is 0.613. The maximum absolute atomic E-state index is 12.4. The molecule has 0 unspecified atom stereocenters. The average Bonchev–Trinajstić information content (AvgIpc) is 2.66. The van der Waals surface area contributed by atoms with Crippen LogP contribution >= 0.6 is 11.6 Å². The van der Waals surface area contributed by atoms with Crippen LogP contribution in [0.1, 0.15) is 24.8 Å². The maximum Gasteiger partial charge on any atom is 0.328 e. The number of halogens is 1. The molecular weight excluding hydrogens is 366 g/mol. The Kier molecular flexibility index (Phi) is 6.08. The first kappa shape index (κ1) is 18.9. The van der Waals surface area contributed by atoms with Gasteiger partial charge in [0.25, 0.3) is 5.56 Å². The second-order valence-electron chi connectivity index (χ2n) is 6.26. The fourth-order valence-corrected chi connectivity index (χ4v) is 3.08. The van der Waals surface area contributed by atoms with Crippen molar-refractivity contribution in [3.8, 4) is 0 Å². The number of hydrogen-bond acceptors (Lipinski definition) is 3. The SMILES string of the molecule is O=C(CCCCn1c(=O)[nH]c2ccccc2c1=O)NCc1ccccc1Cl. The second-order valence-corrected chi connectivity index (χ2v) is 6.66. The Morgan fingerprint density at radius 2 is 1.78 bits per heavy atom. The molecule has 0 spiro atoms. The zero-order valence-corrected chi connectivity index (χ0v) is 15.5. The van der Waals surface area contributed by atoms with Crippen LogP contribution in [0.4, 0.5) is 0 Å². The number of carbonyl (C=O) groups is 1. The average molecular weight is 386 g/mol. The molecule has 0 bridgehead atoms. The molecule has 1 heterocycles. The van der Waals surface area contributed by atoms with E-state index in [0.717, 1.165) is 5.56 Å². The third-order valence-corrected chi connectivity index (χ3v) is 4.73. The molecule has 3 aromatic rings. The van der Waals surface area contributed by atoms with E-state index in [2.05, 4.69) is 10.3 Å². The number of aromatic amines is 1. The van der Waals surface area contributed by atoms with Crippen LogP contribution < -0.4 is 16.6 Å². The largest absolute Gasteiger partial charge is 0.352 e. The van der Waals surface area contributed by atoms with Crippen LogP contribution in [0.5, 0.6) is 0 Å². The van der Waals surface area contributed by atoms with E-state index in [1.54, 1.807) is 30.3 Å². The van der Waals surface area contributed by atoms with Gasteiger partial charge in [-0.3, -0.25) is 14.2 Å². The van der Waals surface area contributed by atoms with Crippen molar-refractivity contribution in [1.29, 1.82) is 0 Å². The van der Waals surface area contributed by atoms with Crippen LogP contribution in [0, 0.1) is 0 Å². The van der Waals surface area contributed by atoms with Crippen molar-refractivity contribution in [2.45, 2.75) is 32.4 Å². The Labute approximate surface area is 160 Å². The molecular formula is C20H20ClN3O3. The summed E-state index contributed by atoms with van der Waals surface area (Å²) in [5.41, 5.74) is 0.656. The Bertz CT molecular complexity index is 1070. The summed E-state index contributed by atoms with van der Waals surface area (Å²) >= 11 is 6.06. The molecule has 0 aliphatic heterocycles. The first-order valence-electron chi connectivity index (χ1n) is 8.78. The summed E-state index contributed by atoms with van der Waals surface area (Å²) < 4.78 is 1.18. The summed E-state index contributed by atoms with van der Waals surface area (Å²) in [6.45, 7) is 0.652. The molecule has 140 valence electrons. The van der Waals surface area contributed by atoms with Gasteiger partial charge in [-0.15, -0.1) is 0 Å². The zero-order chi connectivity index (χ0) is 19.2.